The van der Waals surface area contributed by atoms with Crippen LogP contribution in [0.4, 0.5) is 26.3 Å². The molecule has 3 N–H and O–H groups in total. The summed E-state index contributed by atoms with van der Waals surface area (Å²) < 4.78 is 63.5. The molecule has 0 saturated carbocycles. The van der Waals surface area contributed by atoms with Gasteiger partial charge in [0.25, 0.3) is 0 Å². The molecule has 2 heterocycles. The van der Waals surface area contributed by atoms with Gasteiger partial charge in [-0.25, -0.2) is 9.59 Å². The maximum Gasteiger partial charge on any atom is 0.490 e. The standard InChI is InChI=1S/C16H24N2O.2C2HF3O2/c19-16-6-9-17(10-7-16)11-12-18-8-5-14-3-1-2-4-15(14)13-18;2*3-2(4,5)1(6)7/h1-4,16,19H,5-13H2;2*(H,6,7). The van der Waals surface area contributed by atoms with Gasteiger partial charge in [-0.2, -0.15) is 26.3 Å². The lowest BCUT2D eigenvalue weighted by atomic mass is 10.00. The second-order valence-electron chi connectivity index (χ2n) is 7.47. The molecule has 33 heavy (non-hydrogen) atoms. The van der Waals surface area contributed by atoms with Crippen LogP contribution in [0.1, 0.15) is 24.0 Å². The number of alkyl halides is 6. The molecule has 0 spiro atoms. The Kier molecular flexibility index (Phi) is 11.1. The number of rotatable bonds is 3. The lowest BCUT2D eigenvalue weighted by molar-refractivity contribution is -0.193. The molecule has 2 aliphatic heterocycles. The molecule has 0 unspecified atom stereocenters. The fourth-order valence-corrected chi connectivity index (χ4v) is 3.17. The summed E-state index contributed by atoms with van der Waals surface area (Å²) in [5.41, 5.74) is 3.03. The van der Waals surface area contributed by atoms with Gasteiger partial charge in [0.2, 0.25) is 0 Å². The molecule has 0 bridgehead atoms. The predicted octanol–water partition coefficient (Wildman–Crippen LogP) is 2.77. The summed E-state index contributed by atoms with van der Waals surface area (Å²) in [6, 6.07) is 8.82. The van der Waals surface area contributed by atoms with Crippen LogP contribution in [0.5, 0.6) is 0 Å². The van der Waals surface area contributed by atoms with E-state index in [4.69, 9.17) is 19.8 Å². The highest BCUT2D eigenvalue weighted by atomic mass is 19.4. The first-order chi connectivity index (χ1) is 15.2. The minimum atomic E-state index is -5.08. The largest absolute Gasteiger partial charge is 0.490 e. The van der Waals surface area contributed by atoms with Crippen LogP contribution in [0.25, 0.3) is 0 Å². The summed E-state index contributed by atoms with van der Waals surface area (Å²) in [5, 5.41) is 23.8. The SMILES string of the molecule is O=C(O)C(F)(F)F.O=C(O)C(F)(F)F.OC1CCN(CCN2CCc3ccccc3C2)CC1. The Morgan fingerprint density at radius 2 is 1.24 bits per heavy atom. The third kappa shape index (κ3) is 11.3. The third-order valence-corrected chi connectivity index (χ3v) is 4.98. The van der Waals surface area contributed by atoms with E-state index in [0.717, 1.165) is 45.6 Å². The molecule has 1 saturated heterocycles. The van der Waals surface area contributed by atoms with Gasteiger partial charge in [-0.05, 0) is 30.4 Å². The number of fused-ring (bicyclic) bond motifs is 1. The van der Waals surface area contributed by atoms with Gasteiger partial charge in [0, 0.05) is 39.3 Å². The molecule has 0 amide bonds. The fourth-order valence-electron chi connectivity index (χ4n) is 3.17. The number of carbonyl (C=O) groups is 2. The quantitative estimate of drug-likeness (QED) is 0.563. The van der Waals surface area contributed by atoms with Crippen molar-refractivity contribution in [3.63, 3.8) is 0 Å². The van der Waals surface area contributed by atoms with Gasteiger partial charge in [-0.1, -0.05) is 24.3 Å². The van der Waals surface area contributed by atoms with Gasteiger partial charge in [-0.15, -0.1) is 0 Å². The topological polar surface area (TPSA) is 101 Å². The summed E-state index contributed by atoms with van der Waals surface area (Å²) >= 11 is 0. The zero-order chi connectivity index (χ0) is 25.2. The Balaban J connectivity index is 0.000000324. The van der Waals surface area contributed by atoms with Gasteiger partial charge in [0.1, 0.15) is 0 Å². The molecule has 188 valence electrons. The number of hydrogen-bond acceptors (Lipinski definition) is 5. The molecule has 7 nitrogen and oxygen atoms in total. The average Bonchev–Trinajstić information content (AvgIpc) is 2.73. The van der Waals surface area contributed by atoms with E-state index in [1.54, 1.807) is 0 Å². The number of benzene rings is 1. The van der Waals surface area contributed by atoms with Gasteiger partial charge >= 0.3 is 24.3 Å². The first-order valence-electron chi connectivity index (χ1n) is 10.00. The van der Waals surface area contributed by atoms with E-state index in [1.165, 1.54) is 24.1 Å². The van der Waals surface area contributed by atoms with Crippen molar-refractivity contribution in [2.45, 2.75) is 44.3 Å². The molecule has 13 heteroatoms. The average molecular weight is 488 g/mol. The van der Waals surface area contributed by atoms with Crippen LogP contribution < -0.4 is 0 Å². The second kappa shape index (κ2) is 12.8. The van der Waals surface area contributed by atoms with Crippen LogP contribution in [0.3, 0.4) is 0 Å². The summed E-state index contributed by atoms with van der Waals surface area (Å²) in [7, 11) is 0. The first-order valence-corrected chi connectivity index (χ1v) is 10.00. The monoisotopic (exact) mass is 488 g/mol. The zero-order valence-corrected chi connectivity index (χ0v) is 17.6. The number of hydrogen-bond donors (Lipinski definition) is 3. The van der Waals surface area contributed by atoms with Crippen molar-refractivity contribution in [2.75, 3.05) is 32.7 Å². The smallest absolute Gasteiger partial charge is 0.475 e. The molecule has 2 aliphatic rings. The Labute approximate surface area is 186 Å². The molecule has 1 aromatic rings. The van der Waals surface area contributed by atoms with Gasteiger partial charge in [0.15, 0.2) is 0 Å². The number of likely N-dealkylation sites (tertiary alicyclic amines) is 1. The van der Waals surface area contributed by atoms with Crippen molar-refractivity contribution < 1.29 is 51.3 Å². The number of aliphatic carboxylic acids is 2. The summed E-state index contributed by atoms with van der Waals surface area (Å²) in [6.07, 6.45) is -7.14. The number of nitrogens with zero attached hydrogens (tertiary/aromatic N) is 2. The second-order valence-corrected chi connectivity index (χ2v) is 7.47. The molecule has 0 radical (unpaired) electrons. The molecule has 0 atom stereocenters. The van der Waals surface area contributed by atoms with Crippen LogP contribution in [0.15, 0.2) is 24.3 Å². The number of halogens is 6. The maximum absolute atomic E-state index is 10.6. The van der Waals surface area contributed by atoms with Gasteiger partial charge in [0.05, 0.1) is 6.10 Å². The van der Waals surface area contributed by atoms with E-state index in [-0.39, 0.29) is 6.10 Å². The van der Waals surface area contributed by atoms with Crippen molar-refractivity contribution in [3.8, 4) is 0 Å². The number of aliphatic hydroxyl groups excluding tert-OH is 1. The molecule has 1 fully saturated rings. The van der Waals surface area contributed by atoms with Crippen molar-refractivity contribution in [2.24, 2.45) is 0 Å². The van der Waals surface area contributed by atoms with Crippen LogP contribution in [0, 0.1) is 0 Å². The zero-order valence-electron chi connectivity index (χ0n) is 17.6. The van der Waals surface area contributed by atoms with Crippen LogP contribution in [-0.2, 0) is 22.6 Å². The predicted molar refractivity (Wildman–Crippen MR) is 104 cm³/mol. The Morgan fingerprint density at radius 3 is 1.70 bits per heavy atom. The lowest BCUT2D eigenvalue weighted by Gasteiger charge is -2.33. The summed E-state index contributed by atoms with van der Waals surface area (Å²) in [6.45, 7) is 6.72. The minimum absolute atomic E-state index is 0.0573. The first kappa shape index (κ1) is 28.7. The normalized spacial score (nSPS) is 17.7. The number of piperidine rings is 1. The highest BCUT2D eigenvalue weighted by Crippen LogP contribution is 2.18. The molecular weight excluding hydrogens is 462 g/mol. The maximum atomic E-state index is 10.6. The lowest BCUT2D eigenvalue weighted by Crippen LogP contribution is -2.42. The van der Waals surface area contributed by atoms with Crippen molar-refractivity contribution in [3.05, 3.63) is 35.4 Å². The van der Waals surface area contributed by atoms with Crippen molar-refractivity contribution in [1.82, 2.24) is 9.80 Å². The Morgan fingerprint density at radius 1 is 0.818 bits per heavy atom. The fraction of sp³-hybridized carbons (Fsp3) is 0.600. The molecule has 1 aromatic carbocycles. The Bertz CT molecular complexity index is 740. The third-order valence-electron chi connectivity index (χ3n) is 4.98. The minimum Gasteiger partial charge on any atom is -0.475 e. The highest BCUT2D eigenvalue weighted by molar-refractivity contribution is 5.73. The van der Waals surface area contributed by atoms with E-state index < -0.39 is 24.3 Å². The van der Waals surface area contributed by atoms with E-state index in [1.807, 2.05) is 0 Å². The highest BCUT2D eigenvalue weighted by Gasteiger charge is 2.38. The van der Waals surface area contributed by atoms with Crippen molar-refractivity contribution >= 4 is 11.9 Å². The van der Waals surface area contributed by atoms with Gasteiger partial charge < -0.3 is 20.2 Å². The molecular formula is C20H26F6N2O5. The molecule has 3 rings (SSSR count). The van der Waals surface area contributed by atoms with Gasteiger partial charge in [-0.3, -0.25) is 4.90 Å². The molecule has 0 aliphatic carbocycles. The van der Waals surface area contributed by atoms with E-state index in [2.05, 4.69) is 34.1 Å². The Hall–Kier alpha value is -2.38. The number of carboxylic acids is 2. The van der Waals surface area contributed by atoms with Crippen LogP contribution in [0.2, 0.25) is 0 Å². The van der Waals surface area contributed by atoms with Crippen LogP contribution in [-0.4, -0.2) is 88.2 Å². The summed E-state index contributed by atoms with van der Waals surface area (Å²) in [5.74, 6) is -5.51. The van der Waals surface area contributed by atoms with E-state index >= 15 is 0 Å². The van der Waals surface area contributed by atoms with E-state index in [0.29, 0.717) is 0 Å². The van der Waals surface area contributed by atoms with Crippen molar-refractivity contribution in [1.29, 1.82) is 0 Å². The number of carboxylic acid groups (broad SMARTS) is 2. The van der Waals surface area contributed by atoms with E-state index in [9.17, 15) is 31.4 Å². The molecule has 0 aromatic heterocycles. The van der Waals surface area contributed by atoms with Crippen LogP contribution >= 0.6 is 0 Å². The number of aliphatic hydroxyl groups is 1. The summed E-state index contributed by atoms with van der Waals surface area (Å²) in [4.78, 5) is 22.8.